The fourth-order valence-corrected chi connectivity index (χ4v) is 4.45. The Hall–Kier alpha value is -3.59. The first-order valence-corrected chi connectivity index (χ1v) is 11.6. The molecule has 4 rings (SSSR count). The summed E-state index contributed by atoms with van der Waals surface area (Å²) in [6, 6.07) is 16.2. The molecule has 34 heavy (non-hydrogen) atoms. The molecule has 180 valence electrons. The molecule has 2 N–H and O–H groups in total. The van der Waals surface area contributed by atoms with Gasteiger partial charge in [0.15, 0.2) is 0 Å². The number of para-hydroxylation sites is 3. The summed E-state index contributed by atoms with van der Waals surface area (Å²) in [6.45, 7) is 4.02. The monoisotopic (exact) mass is 465 g/mol. The Bertz CT molecular complexity index is 1010. The standard InChI is InChI=1S/C25H31N5O4/c1-34-22-10-6-5-9-20(22)29-15-13-28(14-16-29)18-24(32)30-12-11-26-25(33)21(30)17-23(31)27-19-7-3-2-4-8-19/h2-10,21H,11-18H2,1H3,(H,26,33)(H,27,31). The minimum absolute atomic E-state index is 0.0754. The first-order valence-electron chi connectivity index (χ1n) is 11.6. The second kappa shape index (κ2) is 11.0. The average molecular weight is 466 g/mol. The number of carbonyl (C=O) groups excluding carboxylic acids is 3. The van der Waals surface area contributed by atoms with Crippen molar-refractivity contribution in [3.8, 4) is 5.75 Å². The van der Waals surface area contributed by atoms with Crippen molar-refractivity contribution in [2.75, 3.05) is 63.1 Å². The first kappa shape index (κ1) is 23.6. The van der Waals surface area contributed by atoms with E-state index < -0.39 is 6.04 Å². The van der Waals surface area contributed by atoms with Crippen molar-refractivity contribution in [1.29, 1.82) is 0 Å². The molecule has 3 amide bonds. The summed E-state index contributed by atoms with van der Waals surface area (Å²) < 4.78 is 5.47. The number of piperazine rings is 2. The van der Waals surface area contributed by atoms with Gasteiger partial charge in [-0.15, -0.1) is 0 Å². The van der Waals surface area contributed by atoms with Gasteiger partial charge >= 0.3 is 0 Å². The van der Waals surface area contributed by atoms with Crippen LogP contribution in [-0.2, 0) is 14.4 Å². The van der Waals surface area contributed by atoms with E-state index in [-0.39, 0.29) is 30.7 Å². The summed E-state index contributed by atoms with van der Waals surface area (Å²) >= 11 is 0. The van der Waals surface area contributed by atoms with Gasteiger partial charge in [0.1, 0.15) is 11.8 Å². The molecule has 0 radical (unpaired) electrons. The lowest BCUT2D eigenvalue weighted by molar-refractivity contribution is -0.145. The number of nitrogens with zero attached hydrogens (tertiary/aromatic N) is 3. The predicted molar refractivity (Wildman–Crippen MR) is 130 cm³/mol. The highest BCUT2D eigenvalue weighted by Crippen LogP contribution is 2.28. The van der Waals surface area contributed by atoms with Crippen LogP contribution in [0.25, 0.3) is 0 Å². The largest absolute Gasteiger partial charge is 0.495 e. The molecule has 2 fully saturated rings. The maximum atomic E-state index is 13.2. The summed E-state index contributed by atoms with van der Waals surface area (Å²) in [7, 11) is 1.67. The van der Waals surface area contributed by atoms with Crippen LogP contribution in [0.1, 0.15) is 6.42 Å². The molecule has 0 aromatic heterocycles. The molecule has 9 heteroatoms. The van der Waals surface area contributed by atoms with E-state index in [0.29, 0.717) is 18.8 Å². The minimum Gasteiger partial charge on any atom is -0.495 e. The number of rotatable bonds is 7. The second-order valence-electron chi connectivity index (χ2n) is 8.45. The zero-order valence-corrected chi connectivity index (χ0v) is 19.4. The van der Waals surface area contributed by atoms with Crippen molar-refractivity contribution >= 4 is 29.1 Å². The van der Waals surface area contributed by atoms with E-state index in [4.69, 9.17) is 4.74 Å². The SMILES string of the molecule is COc1ccccc1N1CCN(CC(=O)N2CCNC(=O)C2CC(=O)Nc2ccccc2)CC1. The number of amides is 3. The third kappa shape index (κ3) is 5.66. The fourth-order valence-electron chi connectivity index (χ4n) is 4.45. The zero-order valence-electron chi connectivity index (χ0n) is 19.4. The van der Waals surface area contributed by atoms with Gasteiger partial charge in [0.2, 0.25) is 17.7 Å². The molecule has 0 saturated carbocycles. The Morgan fingerprint density at radius 1 is 1.00 bits per heavy atom. The minimum atomic E-state index is -0.806. The van der Waals surface area contributed by atoms with Crippen LogP contribution in [-0.4, -0.2) is 86.5 Å². The number of methoxy groups -OCH3 is 1. The first-order chi connectivity index (χ1) is 16.5. The fraction of sp³-hybridized carbons (Fsp3) is 0.400. The molecule has 2 aromatic rings. The third-order valence-electron chi connectivity index (χ3n) is 6.24. The molecule has 2 aliphatic heterocycles. The number of benzene rings is 2. The van der Waals surface area contributed by atoms with Crippen LogP contribution in [0.5, 0.6) is 5.75 Å². The molecule has 9 nitrogen and oxygen atoms in total. The molecule has 0 aliphatic carbocycles. The highest BCUT2D eigenvalue weighted by molar-refractivity contribution is 5.97. The Morgan fingerprint density at radius 3 is 2.44 bits per heavy atom. The van der Waals surface area contributed by atoms with Gasteiger partial charge in [0.25, 0.3) is 0 Å². The highest BCUT2D eigenvalue weighted by atomic mass is 16.5. The molecule has 0 spiro atoms. The van der Waals surface area contributed by atoms with Crippen LogP contribution < -0.4 is 20.3 Å². The zero-order chi connectivity index (χ0) is 23.9. The Kier molecular flexibility index (Phi) is 7.64. The smallest absolute Gasteiger partial charge is 0.243 e. The van der Waals surface area contributed by atoms with E-state index in [9.17, 15) is 14.4 Å². The normalized spacial score (nSPS) is 18.9. The summed E-state index contributed by atoms with van der Waals surface area (Å²) in [5.74, 6) is 0.126. The van der Waals surface area contributed by atoms with Gasteiger partial charge in [-0.25, -0.2) is 0 Å². The van der Waals surface area contributed by atoms with Crippen molar-refractivity contribution in [1.82, 2.24) is 15.1 Å². The van der Waals surface area contributed by atoms with Gasteiger partial charge in [-0.05, 0) is 24.3 Å². The van der Waals surface area contributed by atoms with Gasteiger partial charge in [-0.3, -0.25) is 19.3 Å². The van der Waals surface area contributed by atoms with Crippen molar-refractivity contribution in [3.05, 3.63) is 54.6 Å². The average Bonchev–Trinajstić information content (AvgIpc) is 2.86. The number of nitrogens with one attached hydrogen (secondary N) is 2. The molecule has 0 bridgehead atoms. The number of anilines is 2. The van der Waals surface area contributed by atoms with E-state index in [2.05, 4.69) is 20.4 Å². The Labute approximate surface area is 199 Å². The summed E-state index contributed by atoms with van der Waals surface area (Å²) in [5, 5.41) is 5.58. The maximum absolute atomic E-state index is 13.2. The van der Waals surface area contributed by atoms with Gasteiger partial charge in [-0.1, -0.05) is 30.3 Å². The van der Waals surface area contributed by atoms with E-state index in [1.165, 1.54) is 0 Å². The van der Waals surface area contributed by atoms with Crippen LogP contribution in [0.15, 0.2) is 54.6 Å². The van der Waals surface area contributed by atoms with Crippen LogP contribution in [0.4, 0.5) is 11.4 Å². The van der Waals surface area contributed by atoms with E-state index in [1.54, 1.807) is 24.1 Å². The van der Waals surface area contributed by atoms with Crippen molar-refractivity contribution in [2.45, 2.75) is 12.5 Å². The second-order valence-corrected chi connectivity index (χ2v) is 8.45. The lowest BCUT2D eigenvalue weighted by atomic mass is 10.1. The molecular weight excluding hydrogens is 434 g/mol. The van der Waals surface area contributed by atoms with E-state index in [0.717, 1.165) is 37.6 Å². The van der Waals surface area contributed by atoms with E-state index >= 15 is 0 Å². The lowest BCUT2D eigenvalue weighted by Crippen LogP contribution is -2.60. The molecule has 1 atom stereocenters. The van der Waals surface area contributed by atoms with Gasteiger partial charge in [0.05, 0.1) is 25.8 Å². The van der Waals surface area contributed by atoms with E-state index in [1.807, 2.05) is 42.5 Å². The number of ether oxygens (including phenoxy) is 1. The topological polar surface area (TPSA) is 94.2 Å². The Balaban J connectivity index is 1.33. The molecule has 2 aromatic carbocycles. The van der Waals surface area contributed by atoms with Crippen LogP contribution >= 0.6 is 0 Å². The van der Waals surface area contributed by atoms with Gasteiger partial charge < -0.3 is 25.2 Å². The third-order valence-corrected chi connectivity index (χ3v) is 6.24. The molecule has 2 saturated heterocycles. The summed E-state index contributed by atoms with van der Waals surface area (Å²) in [6.07, 6.45) is -0.0754. The maximum Gasteiger partial charge on any atom is 0.243 e. The Morgan fingerprint density at radius 2 is 1.71 bits per heavy atom. The summed E-state index contributed by atoms with van der Waals surface area (Å²) in [4.78, 5) is 44.1. The quantitative estimate of drug-likeness (QED) is 0.638. The van der Waals surface area contributed by atoms with Gasteiger partial charge in [0, 0.05) is 45.0 Å². The lowest BCUT2D eigenvalue weighted by Gasteiger charge is -2.39. The van der Waals surface area contributed by atoms with Crippen molar-refractivity contribution < 1.29 is 19.1 Å². The van der Waals surface area contributed by atoms with Crippen LogP contribution in [0.2, 0.25) is 0 Å². The summed E-state index contributed by atoms with van der Waals surface area (Å²) in [5.41, 5.74) is 1.71. The van der Waals surface area contributed by atoms with Crippen molar-refractivity contribution in [3.63, 3.8) is 0 Å². The highest BCUT2D eigenvalue weighted by Gasteiger charge is 2.35. The molecule has 2 aliphatic rings. The molecule has 2 heterocycles. The van der Waals surface area contributed by atoms with Crippen LogP contribution in [0, 0.1) is 0 Å². The van der Waals surface area contributed by atoms with Gasteiger partial charge in [-0.2, -0.15) is 0 Å². The van der Waals surface area contributed by atoms with Crippen LogP contribution in [0.3, 0.4) is 0 Å². The molecule has 1 unspecified atom stereocenters. The number of hydrogen-bond acceptors (Lipinski definition) is 6. The predicted octanol–water partition coefficient (Wildman–Crippen LogP) is 1.17. The number of hydrogen-bond donors (Lipinski definition) is 2. The van der Waals surface area contributed by atoms with Crippen molar-refractivity contribution in [2.24, 2.45) is 0 Å². The molecular formula is C25H31N5O4. The number of carbonyl (C=O) groups is 3.